The minimum atomic E-state index is -4.87. The Balaban J connectivity index is 1.49. The highest BCUT2D eigenvalue weighted by Crippen LogP contribution is 2.32. The molecule has 16 heteroatoms. The monoisotopic (exact) mass is 548 g/mol. The minimum absolute atomic E-state index is 0.0595. The number of hydrogen-bond acceptors (Lipinski definition) is 9. The number of halogens is 4. The van der Waals surface area contributed by atoms with E-state index < -0.39 is 56.8 Å². The molecule has 4 aromatic rings. The maximum atomic E-state index is 14.9. The molecule has 4 N–H and O–H groups in total. The summed E-state index contributed by atoms with van der Waals surface area (Å²) in [4.78, 5) is 42.3. The number of benzene rings is 1. The van der Waals surface area contributed by atoms with Crippen molar-refractivity contribution in [3.63, 3.8) is 0 Å². The van der Waals surface area contributed by atoms with Gasteiger partial charge in [0.25, 0.3) is 11.1 Å². The van der Waals surface area contributed by atoms with Crippen LogP contribution in [0.1, 0.15) is 25.3 Å². The van der Waals surface area contributed by atoms with E-state index in [4.69, 9.17) is 5.73 Å². The summed E-state index contributed by atoms with van der Waals surface area (Å²) in [5, 5.41) is 19.1. The summed E-state index contributed by atoms with van der Waals surface area (Å²) in [6, 6.07) is 3.40. The SMILES string of the molecule is CC(CCCn1ccc2cc(-c3ncc([N+](=O)[O-])c(N)n3)c(F)cc2c1=O)Nc1cn[nH]c(=O)c1C(F)(F)F. The number of aromatic amines is 1. The number of nitrogens with one attached hydrogen (secondary N) is 2. The third kappa shape index (κ3) is 5.68. The molecule has 4 rings (SSSR count). The summed E-state index contributed by atoms with van der Waals surface area (Å²) in [5.74, 6) is -1.46. The van der Waals surface area contributed by atoms with Crippen molar-refractivity contribution in [3.05, 3.63) is 79.0 Å². The summed E-state index contributed by atoms with van der Waals surface area (Å²) < 4.78 is 55.9. The average molecular weight is 548 g/mol. The lowest BCUT2D eigenvalue weighted by molar-refractivity contribution is -0.384. The minimum Gasteiger partial charge on any atom is -0.381 e. The number of nitrogen functional groups attached to an aromatic ring is 1. The van der Waals surface area contributed by atoms with Crippen molar-refractivity contribution in [2.24, 2.45) is 0 Å². The van der Waals surface area contributed by atoms with Crippen LogP contribution in [0.4, 0.5) is 34.8 Å². The number of aryl methyl sites for hydroxylation is 1. The van der Waals surface area contributed by atoms with Crippen molar-refractivity contribution in [2.75, 3.05) is 11.1 Å². The first kappa shape index (κ1) is 27.2. The lowest BCUT2D eigenvalue weighted by atomic mass is 10.1. The van der Waals surface area contributed by atoms with Gasteiger partial charge in [0.05, 0.1) is 27.8 Å². The van der Waals surface area contributed by atoms with Gasteiger partial charge < -0.3 is 15.6 Å². The molecule has 39 heavy (non-hydrogen) atoms. The Hall–Kier alpha value is -4.89. The Morgan fingerprint density at radius 2 is 2.00 bits per heavy atom. The van der Waals surface area contributed by atoms with E-state index >= 15 is 0 Å². The first-order valence-corrected chi connectivity index (χ1v) is 11.4. The van der Waals surface area contributed by atoms with Gasteiger partial charge in [0, 0.05) is 18.8 Å². The Morgan fingerprint density at radius 1 is 1.26 bits per heavy atom. The highest BCUT2D eigenvalue weighted by Gasteiger charge is 2.37. The number of fused-ring (bicyclic) bond motifs is 1. The largest absolute Gasteiger partial charge is 0.423 e. The molecule has 0 amide bonds. The molecule has 1 aromatic carbocycles. The normalized spacial score (nSPS) is 12.4. The fourth-order valence-electron chi connectivity index (χ4n) is 4.01. The smallest absolute Gasteiger partial charge is 0.381 e. The molecule has 0 radical (unpaired) electrons. The van der Waals surface area contributed by atoms with Gasteiger partial charge in [0.2, 0.25) is 5.82 Å². The van der Waals surface area contributed by atoms with Crippen LogP contribution in [0.25, 0.3) is 22.2 Å². The van der Waals surface area contributed by atoms with Crippen LogP contribution in [0, 0.1) is 15.9 Å². The molecule has 0 aliphatic carbocycles. The van der Waals surface area contributed by atoms with E-state index in [2.05, 4.69) is 20.4 Å². The van der Waals surface area contributed by atoms with Crippen LogP contribution in [0.15, 0.2) is 46.4 Å². The highest BCUT2D eigenvalue weighted by molar-refractivity contribution is 5.86. The number of nitrogens with two attached hydrogens (primary N) is 1. The third-order valence-electron chi connectivity index (χ3n) is 5.88. The molecule has 0 bridgehead atoms. The summed E-state index contributed by atoms with van der Waals surface area (Å²) in [6.45, 7) is 1.81. The van der Waals surface area contributed by atoms with E-state index in [-0.39, 0.29) is 23.3 Å². The molecule has 3 heterocycles. The summed E-state index contributed by atoms with van der Waals surface area (Å²) in [6.07, 6.45) is -0.936. The predicted octanol–water partition coefficient (Wildman–Crippen LogP) is 3.47. The molecule has 1 unspecified atom stereocenters. The van der Waals surface area contributed by atoms with E-state index in [1.807, 2.05) is 0 Å². The van der Waals surface area contributed by atoms with Crippen LogP contribution < -0.4 is 22.2 Å². The number of nitro groups is 1. The van der Waals surface area contributed by atoms with E-state index in [0.717, 1.165) is 18.5 Å². The van der Waals surface area contributed by atoms with E-state index in [0.29, 0.717) is 18.2 Å². The fraction of sp³-hybridized carbons (Fsp3) is 0.261. The van der Waals surface area contributed by atoms with Gasteiger partial charge in [0.1, 0.15) is 17.6 Å². The van der Waals surface area contributed by atoms with Gasteiger partial charge in [-0.3, -0.25) is 19.7 Å². The first-order chi connectivity index (χ1) is 18.4. The Morgan fingerprint density at radius 3 is 2.67 bits per heavy atom. The van der Waals surface area contributed by atoms with Crippen LogP contribution in [0.5, 0.6) is 0 Å². The van der Waals surface area contributed by atoms with Gasteiger partial charge >= 0.3 is 11.9 Å². The summed E-state index contributed by atoms with van der Waals surface area (Å²) in [5.41, 5.74) is 1.25. The van der Waals surface area contributed by atoms with E-state index in [1.165, 1.54) is 16.8 Å². The number of H-pyrrole nitrogens is 1. The van der Waals surface area contributed by atoms with Crippen molar-refractivity contribution in [2.45, 2.75) is 38.5 Å². The number of rotatable bonds is 8. The molecule has 0 fully saturated rings. The molecule has 204 valence electrons. The van der Waals surface area contributed by atoms with E-state index in [9.17, 15) is 37.3 Å². The predicted molar refractivity (Wildman–Crippen MR) is 132 cm³/mol. The number of nitrogens with zero attached hydrogens (tertiary/aromatic N) is 5. The molecule has 0 saturated carbocycles. The fourth-order valence-corrected chi connectivity index (χ4v) is 4.01. The summed E-state index contributed by atoms with van der Waals surface area (Å²) in [7, 11) is 0. The molecule has 0 spiro atoms. The maximum Gasteiger partial charge on any atom is 0.423 e. The van der Waals surface area contributed by atoms with Crippen molar-refractivity contribution in [3.8, 4) is 11.4 Å². The first-order valence-electron chi connectivity index (χ1n) is 11.4. The molecular formula is C23H20F4N8O4. The molecule has 12 nitrogen and oxygen atoms in total. The molecule has 0 saturated heterocycles. The van der Waals surface area contributed by atoms with Crippen molar-refractivity contribution < 1.29 is 22.5 Å². The van der Waals surface area contributed by atoms with Gasteiger partial charge in [0.15, 0.2) is 5.82 Å². The number of pyridine rings is 1. The Labute approximate surface area is 215 Å². The van der Waals surface area contributed by atoms with Crippen LogP contribution in [0.2, 0.25) is 0 Å². The highest BCUT2D eigenvalue weighted by atomic mass is 19.4. The van der Waals surface area contributed by atoms with Crippen LogP contribution in [-0.4, -0.2) is 35.7 Å². The number of alkyl halides is 3. The third-order valence-corrected chi connectivity index (χ3v) is 5.88. The second-order valence-electron chi connectivity index (χ2n) is 8.63. The average Bonchev–Trinajstić information content (AvgIpc) is 2.84. The topological polar surface area (TPSA) is 175 Å². The summed E-state index contributed by atoms with van der Waals surface area (Å²) >= 11 is 0. The second kappa shape index (κ2) is 10.5. The zero-order valence-corrected chi connectivity index (χ0v) is 20.1. The van der Waals surface area contributed by atoms with Gasteiger partial charge in [-0.1, -0.05) is 0 Å². The lowest BCUT2D eigenvalue weighted by Crippen LogP contribution is -2.27. The number of anilines is 2. The quantitative estimate of drug-likeness (QED) is 0.169. The van der Waals surface area contributed by atoms with Gasteiger partial charge in [-0.05, 0) is 43.4 Å². The number of aromatic nitrogens is 5. The van der Waals surface area contributed by atoms with Crippen LogP contribution in [0.3, 0.4) is 0 Å². The van der Waals surface area contributed by atoms with Crippen molar-refractivity contribution in [1.82, 2.24) is 24.7 Å². The second-order valence-corrected chi connectivity index (χ2v) is 8.63. The van der Waals surface area contributed by atoms with Crippen molar-refractivity contribution >= 4 is 28.0 Å². The lowest BCUT2D eigenvalue weighted by Gasteiger charge is -2.18. The van der Waals surface area contributed by atoms with Crippen molar-refractivity contribution in [1.29, 1.82) is 0 Å². The zero-order chi connectivity index (χ0) is 28.5. The van der Waals surface area contributed by atoms with Gasteiger partial charge in [-0.15, -0.1) is 0 Å². The molecular weight excluding hydrogens is 528 g/mol. The van der Waals surface area contributed by atoms with E-state index in [1.54, 1.807) is 18.1 Å². The maximum absolute atomic E-state index is 14.9. The Kier molecular flexibility index (Phi) is 7.29. The molecule has 3 aromatic heterocycles. The Bertz CT molecular complexity index is 1690. The zero-order valence-electron chi connectivity index (χ0n) is 20.1. The standard InChI is InChI=1S/C23H20F4N8O4/c1-11(31-16-9-30-33-21(36)18(16)23(25,26)27)3-2-5-34-6-4-12-7-14(15(24)8-13(12)22(34)37)20-29-10-17(35(38)39)19(28)32-20/h4,6-11H,2-3,5H2,1H3,(H2,28,29,32)(H2,31,33,36). The van der Waals surface area contributed by atoms with Gasteiger partial charge in [-0.25, -0.2) is 19.5 Å². The molecule has 0 aliphatic heterocycles. The van der Waals surface area contributed by atoms with Gasteiger partial charge in [-0.2, -0.15) is 18.3 Å². The van der Waals surface area contributed by atoms with Crippen LogP contribution >= 0.6 is 0 Å². The van der Waals surface area contributed by atoms with Crippen LogP contribution in [-0.2, 0) is 12.7 Å². The molecule has 0 aliphatic rings. The molecule has 1 atom stereocenters. The number of hydrogen-bond donors (Lipinski definition) is 3.